The Bertz CT molecular complexity index is 1490. The van der Waals surface area contributed by atoms with Gasteiger partial charge in [-0.1, -0.05) is 11.3 Å². The molecule has 4 heterocycles. The van der Waals surface area contributed by atoms with Crippen molar-refractivity contribution in [1.82, 2.24) is 4.98 Å². The molecule has 0 radical (unpaired) electrons. The number of aromatic nitrogens is 1. The van der Waals surface area contributed by atoms with Crippen molar-refractivity contribution in [3.05, 3.63) is 77.5 Å². The van der Waals surface area contributed by atoms with E-state index in [1.807, 2.05) is 0 Å². The van der Waals surface area contributed by atoms with E-state index in [2.05, 4.69) is 4.98 Å². The molecular formula is C24H15FN2O6S. The molecule has 2 aromatic carbocycles. The number of anilines is 1. The van der Waals surface area contributed by atoms with E-state index in [1.165, 1.54) is 29.4 Å². The highest BCUT2D eigenvalue weighted by atomic mass is 32.1. The molecule has 0 spiro atoms. The molecule has 1 unspecified atom stereocenters. The Morgan fingerprint density at radius 1 is 1.09 bits per heavy atom. The number of aliphatic hydroxyl groups excluding tert-OH is 1. The van der Waals surface area contributed by atoms with Crippen molar-refractivity contribution >= 4 is 44.1 Å². The molecule has 2 aliphatic rings. The van der Waals surface area contributed by atoms with Gasteiger partial charge in [-0.3, -0.25) is 14.5 Å². The third-order valence-electron chi connectivity index (χ3n) is 5.62. The summed E-state index contributed by atoms with van der Waals surface area (Å²) in [4.78, 5) is 32.0. The van der Waals surface area contributed by atoms with Gasteiger partial charge in [0.1, 0.15) is 36.6 Å². The molecule has 1 atom stereocenters. The van der Waals surface area contributed by atoms with E-state index in [9.17, 15) is 19.1 Å². The van der Waals surface area contributed by atoms with Gasteiger partial charge in [-0.25, -0.2) is 9.37 Å². The van der Waals surface area contributed by atoms with Crippen LogP contribution in [0.1, 0.15) is 17.4 Å². The normalized spacial score (nSPS) is 19.2. The number of aliphatic hydroxyl groups is 1. The number of amides is 1. The molecule has 2 aromatic heterocycles. The number of nitrogens with zero attached hydrogens (tertiary/aromatic N) is 2. The number of thiazole rings is 1. The number of furan rings is 1. The number of Topliss-reactive ketones (excluding diaryl/α,β-unsaturated/α-hetero) is 1. The minimum absolute atomic E-state index is 0.151. The average molecular weight is 478 g/mol. The average Bonchev–Trinajstić information content (AvgIpc) is 3.57. The molecule has 10 heteroatoms. The summed E-state index contributed by atoms with van der Waals surface area (Å²) in [6.45, 7) is 0.764. The monoisotopic (exact) mass is 478 g/mol. The summed E-state index contributed by atoms with van der Waals surface area (Å²) < 4.78 is 30.9. The van der Waals surface area contributed by atoms with Gasteiger partial charge in [0.25, 0.3) is 5.78 Å². The van der Waals surface area contributed by atoms with Crippen LogP contribution >= 0.6 is 11.3 Å². The van der Waals surface area contributed by atoms with E-state index in [0.717, 1.165) is 11.3 Å². The highest BCUT2D eigenvalue weighted by molar-refractivity contribution is 7.22. The zero-order valence-corrected chi connectivity index (χ0v) is 18.2. The molecule has 4 aromatic rings. The number of ether oxygens (including phenoxy) is 2. The fourth-order valence-electron chi connectivity index (χ4n) is 4.08. The lowest BCUT2D eigenvalue weighted by atomic mass is 9.99. The summed E-state index contributed by atoms with van der Waals surface area (Å²) in [6, 6.07) is 11.0. The van der Waals surface area contributed by atoms with Crippen LogP contribution in [0.5, 0.6) is 11.5 Å². The van der Waals surface area contributed by atoms with Crippen LogP contribution in [0.2, 0.25) is 0 Å². The number of benzene rings is 2. The lowest BCUT2D eigenvalue weighted by molar-refractivity contribution is -0.132. The molecule has 0 aliphatic carbocycles. The summed E-state index contributed by atoms with van der Waals surface area (Å²) >= 11 is 1.06. The van der Waals surface area contributed by atoms with Gasteiger partial charge in [0.05, 0.1) is 22.1 Å². The van der Waals surface area contributed by atoms with Gasteiger partial charge in [0.2, 0.25) is 0 Å². The third-order valence-corrected chi connectivity index (χ3v) is 6.64. The summed E-state index contributed by atoms with van der Waals surface area (Å²) in [5.41, 5.74) is 0.612. The Hall–Kier alpha value is -4.18. The van der Waals surface area contributed by atoms with Crippen molar-refractivity contribution in [2.45, 2.75) is 6.04 Å². The number of ketones is 1. The number of halogens is 1. The van der Waals surface area contributed by atoms with Crippen LogP contribution < -0.4 is 14.4 Å². The molecule has 2 aliphatic heterocycles. The van der Waals surface area contributed by atoms with E-state index >= 15 is 0 Å². The Kier molecular flexibility index (Phi) is 4.63. The highest BCUT2D eigenvalue weighted by Gasteiger charge is 2.49. The van der Waals surface area contributed by atoms with Crippen molar-refractivity contribution in [1.29, 1.82) is 0 Å². The molecule has 1 amide bonds. The minimum Gasteiger partial charge on any atom is -0.507 e. The quantitative estimate of drug-likeness (QED) is 0.264. The van der Waals surface area contributed by atoms with Crippen LogP contribution in [0.15, 0.2) is 64.8 Å². The number of hydrogen-bond acceptors (Lipinski definition) is 8. The van der Waals surface area contributed by atoms with Gasteiger partial charge in [0.15, 0.2) is 16.6 Å². The van der Waals surface area contributed by atoms with E-state index in [0.29, 0.717) is 34.9 Å². The first kappa shape index (κ1) is 20.4. The Morgan fingerprint density at radius 3 is 2.71 bits per heavy atom. The van der Waals surface area contributed by atoms with Gasteiger partial charge in [-0.05, 0) is 48.5 Å². The number of rotatable bonds is 3. The lowest BCUT2D eigenvalue weighted by Gasteiger charge is -2.21. The molecule has 0 bridgehead atoms. The maximum atomic E-state index is 13.7. The molecule has 1 fully saturated rings. The van der Waals surface area contributed by atoms with Gasteiger partial charge < -0.3 is 19.0 Å². The summed E-state index contributed by atoms with van der Waals surface area (Å²) in [6.07, 6.45) is 1.41. The van der Waals surface area contributed by atoms with E-state index in [-0.39, 0.29) is 27.8 Å². The molecule has 0 saturated carbocycles. The van der Waals surface area contributed by atoms with Gasteiger partial charge >= 0.3 is 5.91 Å². The van der Waals surface area contributed by atoms with Crippen molar-refractivity contribution in [3.8, 4) is 11.5 Å². The molecule has 34 heavy (non-hydrogen) atoms. The molecular weight excluding hydrogens is 463 g/mol. The van der Waals surface area contributed by atoms with Gasteiger partial charge in [0, 0.05) is 5.56 Å². The van der Waals surface area contributed by atoms with Crippen molar-refractivity contribution in [2.24, 2.45) is 0 Å². The van der Waals surface area contributed by atoms with Crippen LogP contribution in [0, 0.1) is 5.82 Å². The smallest absolute Gasteiger partial charge is 0.302 e. The van der Waals surface area contributed by atoms with E-state index in [4.69, 9.17) is 13.9 Å². The molecule has 170 valence electrons. The standard InChI is InChI=1S/C24H15FN2O6S/c25-13-4-5-14-18(11-13)34-24(26-14)27-20(16-2-1-7-31-16)19(22(29)23(27)30)21(28)12-3-6-15-17(10-12)33-9-8-32-15/h1-7,10-11,20,28H,8-9H2/b21-19+. The first-order valence-electron chi connectivity index (χ1n) is 10.3. The topological polar surface area (TPSA) is 102 Å². The first-order chi connectivity index (χ1) is 16.5. The van der Waals surface area contributed by atoms with Gasteiger partial charge in [-0.2, -0.15) is 0 Å². The zero-order valence-electron chi connectivity index (χ0n) is 17.4. The summed E-state index contributed by atoms with van der Waals surface area (Å²) in [5.74, 6) is -1.37. The van der Waals surface area contributed by atoms with Gasteiger partial charge in [-0.15, -0.1) is 0 Å². The Labute approximate surface area is 195 Å². The van der Waals surface area contributed by atoms with Crippen LogP contribution in [0.4, 0.5) is 9.52 Å². The van der Waals surface area contributed by atoms with Crippen molar-refractivity contribution in [3.63, 3.8) is 0 Å². The van der Waals surface area contributed by atoms with Crippen LogP contribution in [-0.4, -0.2) is 35.0 Å². The maximum absolute atomic E-state index is 13.7. The van der Waals surface area contributed by atoms with Crippen molar-refractivity contribution in [2.75, 3.05) is 18.1 Å². The summed E-state index contributed by atoms with van der Waals surface area (Å²) in [7, 11) is 0. The molecule has 8 nitrogen and oxygen atoms in total. The Balaban J connectivity index is 1.52. The zero-order chi connectivity index (χ0) is 23.4. The van der Waals surface area contributed by atoms with Crippen molar-refractivity contribution < 1.29 is 33.0 Å². The lowest BCUT2D eigenvalue weighted by Crippen LogP contribution is -2.29. The molecule has 1 saturated heterocycles. The number of carbonyl (C=O) groups excluding carboxylic acids is 2. The first-order valence-corrected chi connectivity index (χ1v) is 11.1. The second kappa shape index (κ2) is 7.70. The third kappa shape index (κ3) is 3.14. The van der Waals surface area contributed by atoms with E-state index < -0.39 is 23.5 Å². The van der Waals surface area contributed by atoms with Crippen LogP contribution in [0.3, 0.4) is 0 Å². The number of carbonyl (C=O) groups is 2. The summed E-state index contributed by atoms with van der Waals surface area (Å²) in [5, 5.41) is 11.4. The van der Waals surface area contributed by atoms with Crippen LogP contribution in [0.25, 0.3) is 16.0 Å². The SMILES string of the molecule is O=C1C(=O)N(c2nc3ccc(F)cc3s2)C(c2ccco2)/C1=C(\O)c1ccc2c(c1)OCCO2. The Morgan fingerprint density at radius 2 is 1.91 bits per heavy atom. The van der Waals surface area contributed by atoms with E-state index in [1.54, 1.807) is 30.3 Å². The van der Waals surface area contributed by atoms with Crippen LogP contribution in [-0.2, 0) is 9.59 Å². The molecule has 1 N–H and O–H groups in total. The number of fused-ring (bicyclic) bond motifs is 2. The molecule has 6 rings (SSSR count). The predicted octanol–water partition coefficient (Wildman–Crippen LogP) is 4.43. The maximum Gasteiger partial charge on any atom is 0.302 e. The second-order valence-corrected chi connectivity index (χ2v) is 8.66. The largest absolute Gasteiger partial charge is 0.507 e. The minimum atomic E-state index is -1.06. The fraction of sp³-hybridized carbons (Fsp3) is 0.125. The number of hydrogen-bond donors (Lipinski definition) is 1. The predicted molar refractivity (Wildman–Crippen MR) is 121 cm³/mol. The highest BCUT2D eigenvalue weighted by Crippen LogP contribution is 2.45. The second-order valence-electron chi connectivity index (χ2n) is 7.65. The fourth-order valence-corrected chi connectivity index (χ4v) is 5.10.